The van der Waals surface area contributed by atoms with E-state index in [0.717, 1.165) is 44.2 Å². The van der Waals surface area contributed by atoms with Crippen LogP contribution < -0.4 is 10.2 Å². The third kappa shape index (κ3) is 4.42. The molecule has 0 saturated carbocycles. The number of nitrogens with zero attached hydrogens (tertiary/aromatic N) is 4. The Bertz CT molecular complexity index is 382. The number of piperazine rings is 1. The minimum absolute atomic E-state index is 0.487. The lowest BCUT2D eigenvalue weighted by Gasteiger charge is -2.34. The van der Waals surface area contributed by atoms with Crippen molar-refractivity contribution in [2.45, 2.75) is 39.8 Å². The molecule has 0 spiro atoms. The minimum atomic E-state index is 0.487. The Labute approximate surface area is 122 Å². The first-order valence-corrected chi connectivity index (χ1v) is 7.70. The van der Waals surface area contributed by atoms with Gasteiger partial charge in [0.2, 0.25) is 5.95 Å². The van der Waals surface area contributed by atoms with E-state index in [0.29, 0.717) is 6.04 Å². The molecule has 5 nitrogen and oxygen atoms in total. The molecule has 2 heterocycles. The largest absolute Gasteiger partial charge is 0.338 e. The zero-order chi connectivity index (χ0) is 14.4. The molecule has 0 radical (unpaired) electrons. The zero-order valence-electron chi connectivity index (χ0n) is 13.0. The van der Waals surface area contributed by atoms with Crippen molar-refractivity contribution in [3.8, 4) is 0 Å². The van der Waals surface area contributed by atoms with Crippen LogP contribution in [0.5, 0.6) is 0 Å². The molecule has 0 amide bonds. The average molecular weight is 277 g/mol. The van der Waals surface area contributed by atoms with Gasteiger partial charge in [-0.15, -0.1) is 0 Å². The summed E-state index contributed by atoms with van der Waals surface area (Å²) in [7, 11) is 0. The minimum Gasteiger partial charge on any atom is -0.338 e. The molecule has 1 saturated heterocycles. The topological polar surface area (TPSA) is 44.3 Å². The van der Waals surface area contributed by atoms with Crippen molar-refractivity contribution in [1.82, 2.24) is 20.2 Å². The third-order valence-electron chi connectivity index (χ3n) is 3.60. The molecule has 0 aromatic carbocycles. The maximum absolute atomic E-state index is 4.51. The molecule has 0 atom stereocenters. The fourth-order valence-electron chi connectivity index (χ4n) is 2.41. The van der Waals surface area contributed by atoms with Crippen LogP contribution in [0.3, 0.4) is 0 Å². The molecule has 1 fully saturated rings. The van der Waals surface area contributed by atoms with E-state index in [9.17, 15) is 0 Å². The van der Waals surface area contributed by atoms with Gasteiger partial charge in [0.05, 0.1) is 0 Å². The Morgan fingerprint density at radius 1 is 1.15 bits per heavy atom. The zero-order valence-corrected chi connectivity index (χ0v) is 13.0. The van der Waals surface area contributed by atoms with E-state index in [2.05, 4.69) is 45.9 Å². The highest BCUT2D eigenvalue weighted by molar-refractivity contribution is 5.30. The van der Waals surface area contributed by atoms with Gasteiger partial charge >= 0.3 is 0 Å². The van der Waals surface area contributed by atoms with Gasteiger partial charge in [-0.05, 0) is 13.0 Å². The molecule has 112 valence electrons. The second-order valence-electron chi connectivity index (χ2n) is 5.76. The average Bonchev–Trinajstić information content (AvgIpc) is 2.47. The van der Waals surface area contributed by atoms with Crippen molar-refractivity contribution >= 4 is 5.95 Å². The smallest absolute Gasteiger partial charge is 0.225 e. The Kier molecular flexibility index (Phi) is 5.73. The van der Waals surface area contributed by atoms with Crippen LogP contribution >= 0.6 is 0 Å². The van der Waals surface area contributed by atoms with Crippen LogP contribution in [0.15, 0.2) is 12.4 Å². The summed E-state index contributed by atoms with van der Waals surface area (Å²) in [5.74, 6) is 0.870. The molecule has 2 rings (SSSR count). The van der Waals surface area contributed by atoms with Crippen LogP contribution in [0.2, 0.25) is 0 Å². The molecule has 0 aliphatic carbocycles. The summed E-state index contributed by atoms with van der Waals surface area (Å²) in [5, 5.41) is 3.38. The molecule has 1 N–H and O–H groups in total. The molecule has 0 unspecified atom stereocenters. The van der Waals surface area contributed by atoms with Gasteiger partial charge < -0.3 is 10.2 Å². The van der Waals surface area contributed by atoms with E-state index in [1.165, 1.54) is 13.0 Å². The number of rotatable bonds is 6. The van der Waals surface area contributed by atoms with Gasteiger partial charge in [-0.1, -0.05) is 20.8 Å². The van der Waals surface area contributed by atoms with Crippen molar-refractivity contribution < 1.29 is 0 Å². The van der Waals surface area contributed by atoms with Crippen molar-refractivity contribution in [2.75, 3.05) is 37.6 Å². The van der Waals surface area contributed by atoms with E-state index in [4.69, 9.17) is 0 Å². The van der Waals surface area contributed by atoms with Gasteiger partial charge in [-0.2, -0.15) is 0 Å². The Balaban J connectivity index is 1.84. The number of anilines is 1. The monoisotopic (exact) mass is 277 g/mol. The van der Waals surface area contributed by atoms with Gasteiger partial charge in [0.1, 0.15) is 0 Å². The van der Waals surface area contributed by atoms with E-state index < -0.39 is 0 Å². The molecule has 0 bridgehead atoms. The summed E-state index contributed by atoms with van der Waals surface area (Å²) < 4.78 is 0. The van der Waals surface area contributed by atoms with E-state index in [-0.39, 0.29) is 0 Å². The Morgan fingerprint density at radius 3 is 2.35 bits per heavy atom. The maximum atomic E-state index is 4.51. The first-order valence-electron chi connectivity index (χ1n) is 7.70. The first kappa shape index (κ1) is 15.2. The van der Waals surface area contributed by atoms with Crippen LogP contribution in [-0.2, 0) is 6.54 Å². The van der Waals surface area contributed by atoms with E-state index in [1.54, 1.807) is 0 Å². The van der Waals surface area contributed by atoms with Crippen molar-refractivity contribution in [1.29, 1.82) is 0 Å². The van der Waals surface area contributed by atoms with Crippen molar-refractivity contribution in [3.05, 3.63) is 18.0 Å². The summed E-state index contributed by atoms with van der Waals surface area (Å²) in [6.45, 7) is 12.9. The van der Waals surface area contributed by atoms with Crippen LogP contribution in [0.4, 0.5) is 5.95 Å². The fraction of sp³-hybridized carbons (Fsp3) is 0.733. The van der Waals surface area contributed by atoms with Gasteiger partial charge in [-0.3, -0.25) is 4.90 Å². The molecule has 1 aromatic rings. The van der Waals surface area contributed by atoms with Crippen LogP contribution in [0, 0.1) is 0 Å². The quantitative estimate of drug-likeness (QED) is 0.854. The molecular weight excluding hydrogens is 250 g/mol. The maximum Gasteiger partial charge on any atom is 0.225 e. The van der Waals surface area contributed by atoms with E-state index >= 15 is 0 Å². The number of hydrogen-bond donors (Lipinski definition) is 1. The standard InChI is InChI=1S/C15H27N5/c1-4-5-19-6-8-20(9-7-19)15-17-11-14(12-18-15)10-16-13(2)3/h11-13,16H,4-10H2,1-3H3. The summed E-state index contributed by atoms with van der Waals surface area (Å²) >= 11 is 0. The highest BCUT2D eigenvalue weighted by Gasteiger charge is 2.17. The number of nitrogens with one attached hydrogen (secondary N) is 1. The highest BCUT2D eigenvalue weighted by atomic mass is 15.3. The summed E-state index contributed by atoms with van der Waals surface area (Å²) in [5.41, 5.74) is 1.15. The summed E-state index contributed by atoms with van der Waals surface area (Å²) in [4.78, 5) is 13.8. The summed E-state index contributed by atoms with van der Waals surface area (Å²) in [6, 6.07) is 0.487. The molecular formula is C15H27N5. The second kappa shape index (κ2) is 7.55. The molecule has 1 aliphatic heterocycles. The molecule has 20 heavy (non-hydrogen) atoms. The highest BCUT2D eigenvalue weighted by Crippen LogP contribution is 2.11. The number of aromatic nitrogens is 2. The van der Waals surface area contributed by atoms with Crippen molar-refractivity contribution in [2.24, 2.45) is 0 Å². The van der Waals surface area contributed by atoms with Gasteiger partial charge in [-0.25, -0.2) is 9.97 Å². The van der Waals surface area contributed by atoms with Crippen molar-refractivity contribution in [3.63, 3.8) is 0 Å². The lowest BCUT2D eigenvalue weighted by molar-refractivity contribution is 0.257. The number of hydrogen-bond acceptors (Lipinski definition) is 5. The normalized spacial score (nSPS) is 16.9. The Morgan fingerprint density at radius 2 is 1.80 bits per heavy atom. The van der Waals surface area contributed by atoms with Gasteiger partial charge in [0.25, 0.3) is 0 Å². The van der Waals surface area contributed by atoms with Gasteiger partial charge in [0.15, 0.2) is 0 Å². The van der Waals surface area contributed by atoms with Crippen LogP contribution in [0.1, 0.15) is 32.8 Å². The van der Waals surface area contributed by atoms with Crippen LogP contribution in [0.25, 0.3) is 0 Å². The molecule has 5 heteroatoms. The predicted octanol–water partition coefficient (Wildman–Crippen LogP) is 1.51. The molecule has 1 aliphatic rings. The SMILES string of the molecule is CCCN1CCN(c2ncc(CNC(C)C)cn2)CC1. The summed E-state index contributed by atoms with van der Waals surface area (Å²) in [6.07, 6.45) is 5.11. The fourth-order valence-corrected chi connectivity index (χ4v) is 2.41. The van der Waals surface area contributed by atoms with Crippen LogP contribution in [-0.4, -0.2) is 53.6 Å². The van der Waals surface area contributed by atoms with Gasteiger partial charge in [0, 0.05) is 56.7 Å². The lowest BCUT2D eigenvalue weighted by Crippen LogP contribution is -2.47. The Hall–Kier alpha value is -1.20. The second-order valence-corrected chi connectivity index (χ2v) is 5.76. The van der Waals surface area contributed by atoms with E-state index in [1.807, 2.05) is 12.4 Å². The molecule has 1 aromatic heterocycles. The third-order valence-corrected chi connectivity index (χ3v) is 3.60. The lowest BCUT2D eigenvalue weighted by atomic mass is 10.3. The first-order chi connectivity index (χ1) is 9.69. The predicted molar refractivity (Wildman–Crippen MR) is 83.0 cm³/mol.